The summed E-state index contributed by atoms with van der Waals surface area (Å²) in [6, 6.07) is 7.34. The molecule has 118 valence electrons. The van der Waals surface area contributed by atoms with E-state index in [0.717, 1.165) is 10.2 Å². The standard InChI is InChI=1S/C15H20N4O2S/c1-9(2)13(16-10(3)20)14(21)17-18-15-19(4)11-7-5-6-8-12(11)22-15/h5-9,13H,1-4H3,(H,16,20)(H,17,21)/b18-15+/t13-/m1/s1. The predicted molar refractivity (Wildman–Crippen MR) is 86.9 cm³/mol. The van der Waals surface area contributed by atoms with E-state index in [0.29, 0.717) is 4.80 Å². The fourth-order valence-corrected chi connectivity index (χ4v) is 3.09. The van der Waals surface area contributed by atoms with Crippen molar-refractivity contribution in [3.8, 4) is 0 Å². The third-order valence-electron chi connectivity index (χ3n) is 3.28. The summed E-state index contributed by atoms with van der Waals surface area (Å²) >= 11 is 1.49. The molecule has 6 nitrogen and oxygen atoms in total. The fourth-order valence-electron chi connectivity index (χ4n) is 2.11. The molecular formula is C15H20N4O2S. The van der Waals surface area contributed by atoms with Gasteiger partial charge in [0.15, 0.2) is 0 Å². The molecule has 0 fully saturated rings. The van der Waals surface area contributed by atoms with Crippen molar-refractivity contribution < 1.29 is 9.59 Å². The minimum atomic E-state index is -0.596. The van der Waals surface area contributed by atoms with Gasteiger partial charge in [-0.1, -0.05) is 37.3 Å². The first kappa shape index (κ1) is 16.2. The predicted octanol–water partition coefficient (Wildman–Crippen LogP) is 1.33. The molecular weight excluding hydrogens is 300 g/mol. The summed E-state index contributed by atoms with van der Waals surface area (Å²) in [7, 11) is 1.90. The highest BCUT2D eigenvalue weighted by Crippen LogP contribution is 2.14. The second kappa shape index (κ2) is 6.74. The van der Waals surface area contributed by atoms with Crippen LogP contribution >= 0.6 is 11.3 Å². The maximum Gasteiger partial charge on any atom is 0.262 e. The quantitative estimate of drug-likeness (QED) is 0.834. The van der Waals surface area contributed by atoms with Gasteiger partial charge in [-0.3, -0.25) is 9.59 Å². The monoisotopic (exact) mass is 320 g/mol. The highest BCUT2D eigenvalue weighted by molar-refractivity contribution is 7.16. The van der Waals surface area contributed by atoms with Crippen molar-refractivity contribution in [3.05, 3.63) is 29.1 Å². The Morgan fingerprint density at radius 3 is 2.55 bits per heavy atom. The Balaban J connectivity index is 2.23. The molecule has 0 radical (unpaired) electrons. The highest BCUT2D eigenvalue weighted by Gasteiger charge is 2.22. The van der Waals surface area contributed by atoms with Crippen LogP contribution in [0.2, 0.25) is 0 Å². The highest BCUT2D eigenvalue weighted by atomic mass is 32.1. The molecule has 0 spiro atoms. The minimum Gasteiger partial charge on any atom is -0.344 e. The molecule has 0 unspecified atom stereocenters. The normalized spacial score (nSPS) is 13.4. The SMILES string of the molecule is CC(=O)N[C@@H](C(=O)N/N=c1/sc2ccccc2n1C)C(C)C. The van der Waals surface area contributed by atoms with E-state index < -0.39 is 6.04 Å². The average molecular weight is 320 g/mol. The van der Waals surface area contributed by atoms with E-state index in [2.05, 4.69) is 15.8 Å². The summed E-state index contributed by atoms with van der Waals surface area (Å²) in [5.41, 5.74) is 3.61. The third-order valence-corrected chi connectivity index (χ3v) is 4.40. The van der Waals surface area contributed by atoms with Gasteiger partial charge in [0.2, 0.25) is 10.7 Å². The van der Waals surface area contributed by atoms with Crippen molar-refractivity contribution in [3.63, 3.8) is 0 Å². The van der Waals surface area contributed by atoms with E-state index in [-0.39, 0.29) is 17.7 Å². The number of hydrogen-bond donors (Lipinski definition) is 2. The number of nitrogens with one attached hydrogen (secondary N) is 2. The van der Waals surface area contributed by atoms with Gasteiger partial charge < -0.3 is 9.88 Å². The number of para-hydroxylation sites is 1. The lowest BCUT2D eigenvalue weighted by molar-refractivity contribution is -0.129. The number of nitrogens with zero attached hydrogens (tertiary/aromatic N) is 2. The van der Waals surface area contributed by atoms with Gasteiger partial charge in [0.25, 0.3) is 5.91 Å². The molecule has 1 atom stereocenters. The number of aromatic nitrogens is 1. The zero-order valence-electron chi connectivity index (χ0n) is 13.1. The Kier molecular flexibility index (Phi) is 4.97. The van der Waals surface area contributed by atoms with Crippen LogP contribution in [-0.4, -0.2) is 22.4 Å². The van der Waals surface area contributed by atoms with Crippen LogP contribution in [0.4, 0.5) is 0 Å². The smallest absolute Gasteiger partial charge is 0.262 e. The van der Waals surface area contributed by atoms with Crippen LogP contribution in [-0.2, 0) is 16.6 Å². The van der Waals surface area contributed by atoms with Gasteiger partial charge in [0.1, 0.15) is 6.04 Å². The van der Waals surface area contributed by atoms with Gasteiger partial charge in [-0.25, -0.2) is 5.43 Å². The molecule has 2 rings (SSSR count). The molecule has 1 aromatic heterocycles. The van der Waals surface area contributed by atoms with Gasteiger partial charge in [0.05, 0.1) is 10.2 Å². The summed E-state index contributed by atoms with van der Waals surface area (Å²) in [4.78, 5) is 24.1. The zero-order valence-corrected chi connectivity index (χ0v) is 13.9. The summed E-state index contributed by atoms with van der Waals surface area (Å²) < 4.78 is 3.02. The van der Waals surface area contributed by atoms with Crippen LogP contribution in [0.25, 0.3) is 10.2 Å². The van der Waals surface area contributed by atoms with Crippen LogP contribution < -0.4 is 15.5 Å². The molecule has 1 aromatic carbocycles. The van der Waals surface area contributed by atoms with Crippen LogP contribution in [0.1, 0.15) is 20.8 Å². The Bertz CT molecular complexity index is 760. The second-order valence-electron chi connectivity index (χ2n) is 5.42. The zero-order chi connectivity index (χ0) is 16.3. The van der Waals surface area contributed by atoms with Crippen LogP contribution in [0, 0.1) is 5.92 Å². The van der Waals surface area contributed by atoms with E-state index in [1.54, 1.807) is 0 Å². The summed E-state index contributed by atoms with van der Waals surface area (Å²) in [6.45, 7) is 5.14. The molecule has 2 aromatic rings. The van der Waals surface area contributed by atoms with Crippen LogP contribution in [0.3, 0.4) is 0 Å². The van der Waals surface area contributed by atoms with E-state index in [4.69, 9.17) is 0 Å². The Morgan fingerprint density at radius 1 is 1.27 bits per heavy atom. The van der Waals surface area contributed by atoms with Gasteiger partial charge in [-0.2, -0.15) is 0 Å². The lowest BCUT2D eigenvalue weighted by Gasteiger charge is -2.19. The van der Waals surface area contributed by atoms with Gasteiger partial charge >= 0.3 is 0 Å². The first-order valence-electron chi connectivity index (χ1n) is 7.05. The number of carbonyl (C=O) groups excluding carboxylic acids is 2. The van der Waals surface area contributed by atoms with E-state index in [1.165, 1.54) is 18.3 Å². The Morgan fingerprint density at radius 2 is 1.95 bits per heavy atom. The molecule has 1 heterocycles. The van der Waals surface area contributed by atoms with E-state index >= 15 is 0 Å². The summed E-state index contributed by atoms with van der Waals surface area (Å²) in [6.07, 6.45) is 0. The molecule has 0 bridgehead atoms. The lowest BCUT2D eigenvalue weighted by atomic mass is 10.0. The molecule has 22 heavy (non-hydrogen) atoms. The Hall–Kier alpha value is -2.15. The van der Waals surface area contributed by atoms with Crippen molar-refractivity contribution in [2.24, 2.45) is 18.1 Å². The maximum atomic E-state index is 12.2. The minimum absolute atomic E-state index is 0.0183. The largest absolute Gasteiger partial charge is 0.344 e. The molecule has 2 amide bonds. The van der Waals surface area contributed by atoms with Crippen molar-refractivity contribution in [2.75, 3.05) is 0 Å². The van der Waals surface area contributed by atoms with Crippen molar-refractivity contribution >= 4 is 33.4 Å². The number of rotatable bonds is 4. The second-order valence-corrected chi connectivity index (χ2v) is 6.43. The summed E-state index contributed by atoms with van der Waals surface area (Å²) in [5, 5.41) is 6.83. The molecule has 0 aliphatic carbocycles. The third kappa shape index (κ3) is 3.54. The molecule has 0 aliphatic rings. The van der Waals surface area contributed by atoms with E-state index in [9.17, 15) is 9.59 Å². The average Bonchev–Trinajstić information content (AvgIpc) is 2.79. The number of fused-ring (bicyclic) bond motifs is 1. The number of benzene rings is 1. The van der Waals surface area contributed by atoms with Crippen molar-refractivity contribution in [1.82, 2.24) is 15.3 Å². The van der Waals surface area contributed by atoms with Gasteiger partial charge in [0, 0.05) is 14.0 Å². The molecule has 2 N–H and O–H groups in total. The number of carbonyl (C=O) groups is 2. The van der Waals surface area contributed by atoms with Gasteiger partial charge in [-0.05, 0) is 18.1 Å². The molecule has 0 aliphatic heterocycles. The first-order valence-corrected chi connectivity index (χ1v) is 7.87. The number of thiazole rings is 1. The topological polar surface area (TPSA) is 75.5 Å². The fraction of sp³-hybridized carbons (Fsp3) is 0.400. The molecule has 0 saturated heterocycles. The number of amides is 2. The lowest BCUT2D eigenvalue weighted by Crippen LogP contribution is -2.48. The number of aryl methyl sites for hydroxylation is 1. The van der Waals surface area contributed by atoms with E-state index in [1.807, 2.05) is 49.7 Å². The Labute approximate surface area is 132 Å². The first-order chi connectivity index (χ1) is 10.4. The molecule has 7 heteroatoms. The maximum absolute atomic E-state index is 12.2. The van der Waals surface area contributed by atoms with Gasteiger partial charge in [-0.15, -0.1) is 5.10 Å². The molecule has 0 saturated carbocycles. The van der Waals surface area contributed by atoms with Crippen LogP contribution in [0.15, 0.2) is 29.4 Å². The van der Waals surface area contributed by atoms with Crippen LogP contribution in [0.5, 0.6) is 0 Å². The number of hydrogen-bond acceptors (Lipinski definition) is 4. The summed E-state index contributed by atoms with van der Waals surface area (Å²) in [5.74, 6) is -0.570. The van der Waals surface area contributed by atoms with Crippen molar-refractivity contribution in [1.29, 1.82) is 0 Å². The van der Waals surface area contributed by atoms with Crippen molar-refractivity contribution in [2.45, 2.75) is 26.8 Å².